The van der Waals surface area contributed by atoms with Gasteiger partial charge in [0.2, 0.25) is 0 Å². The highest BCUT2D eigenvalue weighted by atomic mass is 16.5. The fourth-order valence-electron chi connectivity index (χ4n) is 1.75. The number of nitrogens with one attached hydrogen (secondary N) is 1. The van der Waals surface area contributed by atoms with E-state index in [0.717, 1.165) is 31.9 Å². The van der Waals surface area contributed by atoms with Gasteiger partial charge in [0.1, 0.15) is 5.75 Å². The van der Waals surface area contributed by atoms with Crippen LogP contribution in [0, 0.1) is 0 Å². The summed E-state index contributed by atoms with van der Waals surface area (Å²) in [6.45, 7) is 5.02. The highest BCUT2D eigenvalue weighted by molar-refractivity contribution is 5.28. The lowest BCUT2D eigenvalue weighted by atomic mass is 10.2. The first-order chi connectivity index (χ1) is 10.4. The van der Waals surface area contributed by atoms with Crippen molar-refractivity contribution in [2.45, 2.75) is 13.0 Å². The zero-order valence-corrected chi connectivity index (χ0v) is 13.1. The van der Waals surface area contributed by atoms with Crippen LogP contribution < -0.4 is 10.1 Å². The van der Waals surface area contributed by atoms with E-state index in [1.165, 1.54) is 5.56 Å². The maximum atomic E-state index is 5.72. The lowest BCUT2D eigenvalue weighted by Crippen LogP contribution is -2.18. The van der Waals surface area contributed by atoms with Gasteiger partial charge >= 0.3 is 0 Å². The summed E-state index contributed by atoms with van der Waals surface area (Å²) in [4.78, 5) is 0. The van der Waals surface area contributed by atoms with Crippen LogP contribution in [0.25, 0.3) is 0 Å². The second kappa shape index (κ2) is 12.6. The molecule has 0 amide bonds. The molecule has 5 heteroatoms. The minimum absolute atomic E-state index is 0.638. The maximum Gasteiger partial charge on any atom is 0.119 e. The Morgan fingerprint density at radius 1 is 0.952 bits per heavy atom. The van der Waals surface area contributed by atoms with Crippen molar-refractivity contribution in [1.82, 2.24) is 5.32 Å². The first kappa shape index (κ1) is 17.9. The smallest absolute Gasteiger partial charge is 0.119 e. The number of benzene rings is 1. The molecule has 1 rings (SSSR count). The average molecular weight is 297 g/mol. The van der Waals surface area contributed by atoms with Gasteiger partial charge in [-0.3, -0.25) is 0 Å². The molecule has 0 aliphatic carbocycles. The summed E-state index contributed by atoms with van der Waals surface area (Å²) >= 11 is 0. The van der Waals surface area contributed by atoms with Gasteiger partial charge in [-0.25, -0.2) is 0 Å². The second-order valence-corrected chi connectivity index (χ2v) is 4.62. The number of hydrogen-bond donors (Lipinski definition) is 1. The molecule has 0 saturated heterocycles. The van der Waals surface area contributed by atoms with Crippen LogP contribution in [-0.4, -0.2) is 53.8 Å². The molecule has 0 saturated carbocycles. The average Bonchev–Trinajstić information content (AvgIpc) is 2.51. The number of ether oxygens (including phenoxy) is 4. The Balaban J connectivity index is 2.14. The van der Waals surface area contributed by atoms with Gasteiger partial charge in [-0.05, 0) is 17.7 Å². The molecular weight excluding hydrogens is 270 g/mol. The third-order valence-electron chi connectivity index (χ3n) is 2.84. The Hall–Kier alpha value is -1.14. The van der Waals surface area contributed by atoms with Gasteiger partial charge in [-0.2, -0.15) is 0 Å². The van der Waals surface area contributed by atoms with Crippen molar-refractivity contribution in [3.05, 3.63) is 29.8 Å². The molecule has 0 fully saturated rings. The van der Waals surface area contributed by atoms with Crippen LogP contribution in [0.3, 0.4) is 0 Å². The molecule has 0 spiro atoms. The van der Waals surface area contributed by atoms with Crippen molar-refractivity contribution < 1.29 is 18.9 Å². The lowest BCUT2D eigenvalue weighted by molar-refractivity contribution is 0.0644. The van der Waals surface area contributed by atoms with Crippen molar-refractivity contribution in [3.8, 4) is 5.75 Å². The SMILES string of the molecule is COCCNCc1cccc(OCCCOCCOC)c1. The number of hydrogen-bond acceptors (Lipinski definition) is 5. The molecule has 0 aromatic heterocycles. The van der Waals surface area contributed by atoms with Crippen LogP contribution in [0.15, 0.2) is 24.3 Å². The van der Waals surface area contributed by atoms with Crippen molar-refractivity contribution in [3.63, 3.8) is 0 Å². The van der Waals surface area contributed by atoms with E-state index in [-0.39, 0.29) is 0 Å². The summed E-state index contributed by atoms with van der Waals surface area (Å²) in [5.74, 6) is 0.901. The fraction of sp³-hybridized carbons (Fsp3) is 0.625. The summed E-state index contributed by atoms with van der Waals surface area (Å²) in [7, 11) is 3.37. The number of rotatable bonds is 13. The van der Waals surface area contributed by atoms with Crippen molar-refractivity contribution >= 4 is 0 Å². The zero-order chi connectivity index (χ0) is 15.2. The van der Waals surface area contributed by atoms with Crippen molar-refractivity contribution in [2.24, 2.45) is 0 Å². The molecule has 1 aromatic carbocycles. The monoisotopic (exact) mass is 297 g/mol. The van der Waals surface area contributed by atoms with Gasteiger partial charge in [0.05, 0.1) is 26.4 Å². The minimum atomic E-state index is 0.638. The van der Waals surface area contributed by atoms with Gasteiger partial charge in [0, 0.05) is 40.3 Å². The van der Waals surface area contributed by atoms with Crippen LogP contribution in [0.1, 0.15) is 12.0 Å². The lowest BCUT2D eigenvalue weighted by Gasteiger charge is -2.09. The summed E-state index contributed by atoms with van der Waals surface area (Å²) in [5.41, 5.74) is 1.21. The molecule has 0 bridgehead atoms. The van der Waals surface area contributed by atoms with E-state index in [1.807, 2.05) is 12.1 Å². The number of methoxy groups -OCH3 is 2. The van der Waals surface area contributed by atoms with Gasteiger partial charge < -0.3 is 24.3 Å². The third-order valence-corrected chi connectivity index (χ3v) is 2.84. The van der Waals surface area contributed by atoms with E-state index >= 15 is 0 Å². The minimum Gasteiger partial charge on any atom is -0.493 e. The van der Waals surface area contributed by atoms with E-state index < -0.39 is 0 Å². The Kier molecular flexibility index (Phi) is 10.7. The first-order valence-electron chi connectivity index (χ1n) is 7.35. The quantitative estimate of drug-likeness (QED) is 0.563. The van der Waals surface area contributed by atoms with E-state index in [1.54, 1.807) is 14.2 Å². The Labute approximate surface area is 127 Å². The zero-order valence-electron chi connectivity index (χ0n) is 13.1. The molecule has 0 radical (unpaired) electrons. The van der Waals surface area contributed by atoms with Gasteiger partial charge in [0.25, 0.3) is 0 Å². The largest absolute Gasteiger partial charge is 0.493 e. The van der Waals surface area contributed by atoms with Gasteiger partial charge in [0.15, 0.2) is 0 Å². The topological polar surface area (TPSA) is 49.0 Å². The highest BCUT2D eigenvalue weighted by Gasteiger charge is 1.97. The van der Waals surface area contributed by atoms with Gasteiger partial charge in [-0.15, -0.1) is 0 Å². The fourth-order valence-corrected chi connectivity index (χ4v) is 1.75. The van der Waals surface area contributed by atoms with Crippen LogP contribution in [0.4, 0.5) is 0 Å². The molecule has 0 heterocycles. The van der Waals surface area contributed by atoms with E-state index in [2.05, 4.69) is 17.4 Å². The molecule has 1 aromatic rings. The van der Waals surface area contributed by atoms with E-state index in [9.17, 15) is 0 Å². The molecule has 0 aliphatic heterocycles. The van der Waals surface area contributed by atoms with E-state index in [4.69, 9.17) is 18.9 Å². The summed E-state index contributed by atoms with van der Waals surface area (Å²) in [6.07, 6.45) is 0.875. The summed E-state index contributed by atoms with van der Waals surface area (Å²) in [5, 5.41) is 3.31. The van der Waals surface area contributed by atoms with Crippen LogP contribution in [0.2, 0.25) is 0 Å². The van der Waals surface area contributed by atoms with Crippen LogP contribution in [0.5, 0.6) is 5.75 Å². The summed E-state index contributed by atoms with van der Waals surface area (Å²) in [6, 6.07) is 8.13. The molecule has 21 heavy (non-hydrogen) atoms. The van der Waals surface area contributed by atoms with Crippen LogP contribution in [-0.2, 0) is 20.8 Å². The summed E-state index contributed by atoms with van der Waals surface area (Å²) < 4.78 is 21.0. The molecular formula is C16H27NO4. The molecule has 1 N–H and O–H groups in total. The molecule has 0 unspecified atom stereocenters. The predicted molar refractivity (Wildman–Crippen MR) is 82.8 cm³/mol. The third kappa shape index (κ3) is 9.42. The molecule has 0 atom stereocenters. The molecule has 0 aliphatic rings. The maximum absolute atomic E-state index is 5.72. The predicted octanol–water partition coefficient (Wildman–Crippen LogP) is 1.85. The standard InChI is InChI=1S/C16H27NO4/c1-18-10-7-17-14-15-5-3-6-16(13-15)21-9-4-8-20-12-11-19-2/h3,5-6,13,17H,4,7-12,14H2,1-2H3. The van der Waals surface area contributed by atoms with Crippen molar-refractivity contribution in [1.29, 1.82) is 0 Å². The second-order valence-electron chi connectivity index (χ2n) is 4.62. The molecule has 120 valence electrons. The highest BCUT2D eigenvalue weighted by Crippen LogP contribution is 2.13. The Morgan fingerprint density at radius 3 is 2.62 bits per heavy atom. The Morgan fingerprint density at radius 2 is 1.81 bits per heavy atom. The van der Waals surface area contributed by atoms with Crippen LogP contribution >= 0.6 is 0 Å². The Bertz CT molecular complexity index is 360. The molecule has 5 nitrogen and oxygen atoms in total. The van der Waals surface area contributed by atoms with Gasteiger partial charge in [-0.1, -0.05) is 12.1 Å². The van der Waals surface area contributed by atoms with Crippen molar-refractivity contribution in [2.75, 3.05) is 53.8 Å². The normalized spacial score (nSPS) is 10.8. The van der Waals surface area contributed by atoms with E-state index in [0.29, 0.717) is 26.4 Å². The first-order valence-corrected chi connectivity index (χ1v) is 7.35.